The summed E-state index contributed by atoms with van der Waals surface area (Å²) in [4.78, 5) is 11.9. The molecular weight excluding hydrogens is 376 g/mol. The molecule has 1 atom stereocenters. The highest BCUT2D eigenvalue weighted by atomic mass is 32.2. The molecule has 2 N–H and O–H groups in total. The first-order valence-electron chi connectivity index (χ1n) is 9.26. The molecule has 0 spiro atoms. The van der Waals surface area contributed by atoms with E-state index in [1.165, 1.54) is 11.6 Å². The first-order chi connectivity index (χ1) is 13.1. The van der Waals surface area contributed by atoms with Crippen LogP contribution in [0.3, 0.4) is 0 Å². The van der Waals surface area contributed by atoms with Crippen molar-refractivity contribution in [2.24, 2.45) is 0 Å². The molecule has 0 saturated carbocycles. The van der Waals surface area contributed by atoms with Gasteiger partial charge in [0.1, 0.15) is 12.4 Å². The van der Waals surface area contributed by atoms with Crippen LogP contribution in [0.5, 0.6) is 5.75 Å². The molecule has 0 fully saturated rings. The lowest BCUT2D eigenvalue weighted by molar-refractivity contribution is -0.116. The highest BCUT2D eigenvalue weighted by Gasteiger charge is 2.28. The highest BCUT2D eigenvalue weighted by Crippen LogP contribution is 2.33. The number of anilines is 1. The Hall–Kier alpha value is -2.38. The van der Waals surface area contributed by atoms with Gasteiger partial charge in [0.25, 0.3) is 0 Å². The largest absolute Gasteiger partial charge is 0.492 e. The summed E-state index contributed by atoms with van der Waals surface area (Å²) in [6.45, 7) is 8.54. The maximum atomic E-state index is 12.5. The van der Waals surface area contributed by atoms with Gasteiger partial charge in [-0.15, -0.1) is 0 Å². The first kappa shape index (κ1) is 20.4. The minimum Gasteiger partial charge on any atom is -0.492 e. The molecule has 6 nitrogen and oxygen atoms in total. The maximum absolute atomic E-state index is 12.5. The van der Waals surface area contributed by atoms with E-state index in [2.05, 4.69) is 30.8 Å². The molecule has 0 aromatic heterocycles. The van der Waals surface area contributed by atoms with Crippen molar-refractivity contribution in [1.29, 1.82) is 0 Å². The van der Waals surface area contributed by atoms with Crippen molar-refractivity contribution in [2.45, 2.75) is 43.9 Å². The lowest BCUT2D eigenvalue weighted by Gasteiger charge is -2.19. The fraction of sp³-hybridized carbons (Fsp3) is 0.381. The van der Waals surface area contributed by atoms with Crippen LogP contribution in [-0.2, 0) is 20.2 Å². The summed E-state index contributed by atoms with van der Waals surface area (Å²) in [5, 5.41) is 2.74. The number of ether oxygens (including phenoxy) is 1. The molecule has 1 aliphatic heterocycles. The monoisotopic (exact) mass is 402 g/mol. The number of carbonyl (C=O) groups excluding carboxylic acids is 1. The van der Waals surface area contributed by atoms with Crippen molar-refractivity contribution in [3.8, 4) is 5.75 Å². The van der Waals surface area contributed by atoms with E-state index in [0.717, 1.165) is 0 Å². The number of benzene rings is 2. The van der Waals surface area contributed by atoms with E-state index < -0.39 is 10.0 Å². The molecule has 0 aliphatic carbocycles. The first-order valence-corrected chi connectivity index (χ1v) is 10.7. The minimum atomic E-state index is -3.67. The SMILES string of the molecule is C[C@H]1C(=O)Nc2ccc(S(=O)(=O)NCCOc3ccc(C(C)(C)C)cc3)cc21. The average molecular weight is 403 g/mol. The van der Waals surface area contributed by atoms with Gasteiger partial charge in [-0.2, -0.15) is 0 Å². The molecule has 1 heterocycles. The normalized spacial score (nSPS) is 16.6. The zero-order valence-electron chi connectivity index (χ0n) is 16.6. The molecule has 0 saturated heterocycles. The van der Waals surface area contributed by atoms with Gasteiger partial charge in [-0.05, 0) is 53.8 Å². The van der Waals surface area contributed by atoms with Gasteiger partial charge >= 0.3 is 0 Å². The lowest BCUT2D eigenvalue weighted by atomic mass is 9.87. The van der Waals surface area contributed by atoms with Crippen LogP contribution in [0, 0.1) is 0 Å². The molecule has 0 bridgehead atoms. The lowest BCUT2D eigenvalue weighted by Crippen LogP contribution is -2.28. The van der Waals surface area contributed by atoms with Crippen LogP contribution in [0.1, 0.15) is 44.7 Å². The summed E-state index contributed by atoms with van der Waals surface area (Å²) in [5.74, 6) is 0.219. The second kappa shape index (κ2) is 7.56. The van der Waals surface area contributed by atoms with E-state index >= 15 is 0 Å². The number of sulfonamides is 1. The minimum absolute atomic E-state index is 0.0711. The van der Waals surface area contributed by atoms with Crippen LogP contribution < -0.4 is 14.8 Å². The molecule has 2 aromatic carbocycles. The third kappa shape index (κ3) is 4.36. The van der Waals surface area contributed by atoms with E-state index in [1.807, 2.05) is 24.3 Å². The van der Waals surface area contributed by atoms with Gasteiger partial charge in [-0.1, -0.05) is 32.9 Å². The molecule has 1 aliphatic rings. The molecule has 150 valence electrons. The van der Waals surface area contributed by atoms with Crippen LogP contribution >= 0.6 is 0 Å². The number of hydrogen-bond donors (Lipinski definition) is 2. The second-order valence-corrected chi connectivity index (χ2v) is 9.75. The van der Waals surface area contributed by atoms with Crippen molar-refractivity contribution in [3.63, 3.8) is 0 Å². The van der Waals surface area contributed by atoms with E-state index in [1.54, 1.807) is 19.1 Å². The van der Waals surface area contributed by atoms with Crippen LogP contribution in [0.2, 0.25) is 0 Å². The van der Waals surface area contributed by atoms with Gasteiger partial charge in [-0.25, -0.2) is 13.1 Å². The van der Waals surface area contributed by atoms with Crippen LogP contribution in [0.4, 0.5) is 5.69 Å². The van der Waals surface area contributed by atoms with Gasteiger partial charge in [0.2, 0.25) is 15.9 Å². The van der Waals surface area contributed by atoms with Crippen molar-refractivity contribution in [3.05, 3.63) is 53.6 Å². The molecular formula is C21H26N2O4S. The Labute approximate surface area is 166 Å². The highest BCUT2D eigenvalue weighted by molar-refractivity contribution is 7.89. The third-order valence-corrected chi connectivity index (χ3v) is 6.29. The van der Waals surface area contributed by atoms with E-state index in [9.17, 15) is 13.2 Å². The predicted octanol–water partition coefficient (Wildman–Crippen LogP) is 3.40. The average Bonchev–Trinajstić information content (AvgIpc) is 2.92. The zero-order chi connectivity index (χ0) is 20.5. The smallest absolute Gasteiger partial charge is 0.240 e. The van der Waals surface area contributed by atoms with E-state index in [-0.39, 0.29) is 35.3 Å². The molecule has 0 radical (unpaired) electrons. The molecule has 7 heteroatoms. The number of amides is 1. The Morgan fingerprint density at radius 1 is 1.11 bits per heavy atom. The Morgan fingerprint density at radius 3 is 2.43 bits per heavy atom. The van der Waals surface area contributed by atoms with Gasteiger partial charge in [0.15, 0.2) is 0 Å². The fourth-order valence-corrected chi connectivity index (χ4v) is 4.09. The number of rotatable bonds is 6. The molecule has 1 amide bonds. The van der Waals surface area contributed by atoms with Crippen molar-refractivity contribution < 1.29 is 17.9 Å². The topological polar surface area (TPSA) is 84.5 Å². The van der Waals surface area contributed by atoms with Crippen molar-refractivity contribution in [2.75, 3.05) is 18.5 Å². The Morgan fingerprint density at radius 2 is 1.79 bits per heavy atom. The zero-order valence-corrected chi connectivity index (χ0v) is 17.4. The maximum Gasteiger partial charge on any atom is 0.240 e. The predicted molar refractivity (Wildman–Crippen MR) is 109 cm³/mol. The summed E-state index contributed by atoms with van der Waals surface area (Å²) in [7, 11) is -3.67. The van der Waals surface area contributed by atoms with Crippen LogP contribution in [-0.4, -0.2) is 27.5 Å². The fourth-order valence-electron chi connectivity index (χ4n) is 3.04. The number of fused-ring (bicyclic) bond motifs is 1. The number of nitrogens with one attached hydrogen (secondary N) is 2. The van der Waals surface area contributed by atoms with Crippen molar-refractivity contribution >= 4 is 21.6 Å². The number of carbonyl (C=O) groups is 1. The molecule has 2 aromatic rings. The van der Waals surface area contributed by atoms with Gasteiger partial charge in [0, 0.05) is 12.2 Å². The van der Waals surface area contributed by atoms with Crippen LogP contribution in [0.25, 0.3) is 0 Å². The summed E-state index contributed by atoms with van der Waals surface area (Å²) in [5.41, 5.74) is 2.64. The van der Waals surface area contributed by atoms with Crippen LogP contribution in [0.15, 0.2) is 47.4 Å². The third-order valence-electron chi connectivity index (χ3n) is 4.83. The quantitative estimate of drug-likeness (QED) is 0.726. The summed E-state index contributed by atoms with van der Waals surface area (Å²) in [6.07, 6.45) is 0. The summed E-state index contributed by atoms with van der Waals surface area (Å²) >= 11 is 0. The Balaban J connectivity index is 1.57. The summed E-state index contributed by atoms with van der Waals surface area (Å²) < 4.78 is 33.2. The standard InChI is InChI=1S/C21H26N2O4S/c1-14-18-13-17(9-10-19(18)23-20(14)24)28(25,26)22-11-12-27-16-7-5-15(6-8-16)21(2,3)4/h5-10,13-14,22H,11-12H2,1-4H3,(H,23,24)/t14-/m1/s1. The van der Waals surface area contributed by atoms with Crippen molar-refractivity contribution in [1.82, 2.24) is 4.72 Å². The Bertz CT molecular complexity index is 976. The van der Waals surface area contributed by atoms with E-state index in [4.69, 9.17) is 4.74 Å². The van der Waals surface area contributed by atoms with Gasteiger partial charge in [0.05, 0.1) is 10.8 Å². The molecule has 3 rings (SSSR count). The summed E-state index contributed by atoms with van der Waals surface area (Å²) in [6, 6.07) is 12.5. The van der Waals surface area contributed by atoms with Gasteiger partial charge in [-0.3, -0.25) is 4.79 Å². The van der Waals surface area contributed by atoms with E-state index in [0.29, 0.717) is 17.0 Å². The number of hydrogen-bond acceptors (Lipinski definition) is 4. The Kier molecular flexibility index (Phi) is 5.50. The molecule has 0 unspecified atom stereocenters. The van der Waals surface area contributed by atoms with Gasteiger partial charge < -0.3 is 10.1 Å². The molecule has 28 heavy (non-hydrogen) atoms. The second-order valence-electron chi connectivity index (χ2n) is 7.98.